The average Bonchev–Trinajstić information content (AvgIpc) is 2.99. The van der Waals surface area contributed by atoms with Crippen molar-refractivity contribution in [2.45, 2.75) is 63.1 Å². The molecule has 3 rings (SSSR count). The Morgan fingerprint density at radius 3 is 1.77 bits per heavy atom. The zero-order valence-electron chi connectivity index (χ0n) is 27.0. The van der Waals surface area contributed by atoms with Gasteiger partial charge in [-0.3, -0.25) is 4.79 Å². The van der Waals surface area contributed by atoms with Crippen molar-refractivity contribution >= 4 is 26.0 Å². The van der Waals surface area contributed by atoms with Crippen LogP contribution in [0.4, 0.5) is 0 Å². The van der Waals surface area contributed by atoms with Crippen molar-refractivity contribution in [3.8, 4) is 11.5 Å². The third-order valence-electron chi connectivity index (χ3n) is 8.11. The van der Waals surface area contributed by atoms with Gasteiger partial charge in [0.25, 0.3) is 0 Å². The number of hydrogen-bond acceptors (Lipinski definition) is 7. The summed E-state index contributed by atoms with van der Waals surface area (Å²) in [6.07, 6.45) is 0.667. The predicted molar refractivity (Wildman–Crippen MR) is 179 cm³/mol. The maximum Gasteiger partial charge on any atom is 0.302 e. The molecule has 0 aliphatic heterocycles. The molecule has 0 aromatic heterocycles. The molecular weight excluding hydrogens is 577 g/mol. The molecule has 234 valence electrons. The van der Waals surface area contributed by atoms with Crippen LogP contribution in [-0.2, 0) is 24.3 Å². The van der Waals surface area contributed by atoms with Crippen LogP contribution in [0.1, 0.15) is 50.8 Å². The molecule has 0 bridgehead atoms. The number of benzene rings is 3. The molecule has 1 atom stereocenters. The van der Waals surface area contributed by atoms with Gasteiger partial charge in [-0.1, -0.05) is 75.4 Å². The van der Waals surface area contributed by atoms with Crippen molar-refractivity contribution in [3.05, 3.63) is 95.6 Å². The Kier molecular flexibility index (Phi) is 12.7. The summed E-state index contributed by atoms with van der Waals surface area (Å²) in [7, 11) is 1.48. The van der Waals surface area contributed by atoms with Crippen molar-refractivity contribution in [1.82, 2.24) is 0 Å². The Balaban J connectivity index is 1.96. The smallest absolute Gasteiger partial charge is 0.302 e. The van der Waals surface area contributed by atoms with Gasteiger partial charge in [-0.05, 0) is 65.5 Å². The molecule has 1 unspecified atom stereocenters. The first-order valence-electron chi connectivity index (χ1n) is 14.8. The van der Waals surface area contributed by atoms with Gasteiger partial charge in [0.2, 0.25) is 0 Å². The van der Waals surface area contributed by atoms with Crippen LogP contribution in [-0.4, -0.2) is 59.3 Å². The Hall–Kier alpha value is -2.78. The highest BCUT2D eigenvalue weighted by Crippen LogP contribution is 2.42. The zero-order chi connectivity index (χ0) is 31.5. The summed E-state index contributed by atoms with van der Waals surface area (Å²) in [5.74, 6) is 2.10. The minimum absolute atomic E-state index is 0.0712. The lowest BCUT2D eigenvalue weighted by molar-refractivity contribution is -0.141. The predicted octanol–water partition coefficient (Wildman–Crippen LogP) is 8.09. The third-order valence-corrected chi connectivity index (χ3v) is 13.9. The molecule has 0 heterocycles. The monoisotopic (exact) mass is 624 g/mol. The molecule has 8 heteroatoms. The average molecular weight is 625 g/mol. The molecule has 0 spiro atoms. The standard InChI is InChI=1S/C35H48O6SSi/c1-27(36)39-23-22-33(42-25-24-41-43(7,8)34(2,3)4)26-40-35(28-12-10-9-11-13-28,29-14-18-31(37-5)19-15-29)30-16-20-32(38-6)21-17-30/h9-21,33H,22-26H2,1-8H3. The normalized spacial score (nSPS) is 12.9. The SMILES string of the molecule is COc1ccc(C(OCC(CCOC(C)=O)SCCO[Si](C)(C)C(C)(C)C)(c2ccccc2)c2ccc(OC)cc2)cc1. The number of esters is 1. The van der Waals surface area contributed by atoms with E-state index in [1.165, 1.54) is 6.92 Å². The maximum atomic E-state index is 11.6. The van der Waals surface area contributed by atoms with Crippen molar-refractivity contribution < 1.29 is 28.2 Å². The summed E-state index contributed by atoms with van der Waals surface area (Å²) in [5.41, 5.74) is 2.07. The van der Waals surface area contributed by atoms with E-state index in [-0.39, 0.29) is 16.3 Å². The van der Waals surface area contributed by atoms with Crippen LogP contribution in [0.25, 0.3) is 0 Å². The number of methoxy groups -OCH3 is 2. The van der Waals surface area contributed by atoms with E-state index in [0.29, 0.717) is 26.2 Å². The molecule has 0 aliphatic carbocycles. The molecule has 0 N–H and O–H groups in total. The molecule has 0 aliphatic rings. The first kappa shape index (κ1) is 34.7. The molecule has 0 saturated heterocycles. The van der Waals surface area contributed by atoms with E-state index in [1.54, 1.807) is 26.0 Å². The van der Waals surface area contributed by atoms with E-state index in [1.807, 2.05) is 42.5 Å². The highest BCUT2D eigenvalue weighted by molar-refractivity contribution is 7.99. The van der Waals surface area contributed by atoms with Gasteiger partial charge < -0.3 is 23.4 Å². The first-order valence-corrected chi connectivity index (χ1v) is 18.8. The van der Waals surface area contributed by atoms with Crippen LogP contribution in [0.3, 0.4) is 0 Å². The van der Waals surface area contributed by atoms with Gasteiger partial charge in [0, 0.05) is 24.5 Å². The minimum atomic E-state index is -1.85. The molecule has 3 aromatic carbocycles. The van der Waals surface area contributed by atoms with E-state index in [4.69, 9.17) is 23.4 Å². The maximum absolute atomic E-state index is 11.6. The Morgan fingerprint density at radius 1 is 0.791 bits per heavy atom. The topological polar surface area (TPSA) is 63.2 Å². The second-order valence-corrected chi connectivity index (χ2v) is 18.3. The summed E-state index contributed by atoms with van der Waals surface area (Å²) >= 11 is 1.80. The fourth-order valence-corrected chi connectivity index (χ4v) is 6.70. The molecular formula is C35H48O6SSi. The number of thioether (sulfide) groups is 1. The number of ether oxygens (including phenoxy) is 4. The number of rotatable bonds is 16. The van der Waals surface area contributed by atoms with E-state index in [2.05, 4.69) is 70.3 Å². The zero-order valence-corrected chi connectivity index (χ0v) is 28.8. The van der Waals surface area contributed by atoms with E-state index in [0.717, 1.165) is 33.9 Å². The third kappa shape index (κ3) is 9.35. The molecule has 0 saturated carbocycles. The van der Waals surface area contributed by atoms with Crippen molar-refractivity contribution in [3.63, 3.8) is 0 Å². The van der Waals surface area contributed by atoms with Crippen molar-refractivity contribution in [1.29, 1.82) is 0 Å². The Bertz CT molecular complexity index is 1210. The lowest BCUT2D eigenvalue weighted by atomic mass is 9.80. The molecule has 0 amide bonds. The Labute approximate surface area is 263 Å². The van der Waals surface area contributed by atoms with Crippen molar-refractivity contribution in [2.24, 2.45) is 0 Å². The lowest BCUT2D eigenvalue weighted by Crippen LogP contribution is -2.41. The van der Waals surface area contributed by atoms with Gasteiger partial charge in [0.15, 0.2) is 8.32 Å². The largest absolute Gasteiger partial charge is 0.497 e. The highest BCUT2D eigenvalue weighted by atomic mass is 32.2. The molecule has 0 fully saturated rings. The quantitative estimate of drug-likeness (QED) is 0.0691. The van der Waals surface area contributed by atoms with E-state index < -0.39 is 13.9 Å². The van der Waals surface area contributed by atoms with Gasteiger partial charge in [-0.25, -0.2) is 0 Å². The number of carbonyl (C=O) groups excluding carboxylic acids is 1. The molecule has 0 radical (unpaired) electrons. The fourth-order valence-electron chi connectivity index (χ4n) is 4.57. The van der Waals surface area contributed by atoms with E-state index >= 15 is 0 Å². The van der Waals surface area contributed by atoms with Gasteiger partial charge in [-0.15, -0.1) is 0 Å². The summed E-state index contributed by atoms with van der Waals surface area (Å²) in [4.78, 5) is 11.6. The molecule has 3 aromatic rings. The summed E-state index contributed by atoms with van der Waals surface area (Å²) < 4.78 is 29.9. The second-order valence-electron chi connectivity index (χ2n) is 12.0. The van der Waals surface area contributed by atoms with Gasteiger partial charge >= 0.3 is 5.97 Å². The van der Waals surface area contributed by atoms with Gasteiger partial charge in [0.1, 0.15) is 17.1 Å². The van der Waals surface area contributed by atoms with Gasteiger partial charge in [-0.2, -0.15) is 11.8 Å². The fraction of sp³-hybridized carbons (Fsp3) is 0.457. The second kappa shape index (κ2) is 15.8. The molecule has 6 nitrogen and oxygen atoms in total. The minimum Gasteiger partial charge on any atom is -0.497 e. The summed E-state index contributed by atoms with van der Waals surface area (Å²) in [6, 6.07) is 26.4. The van der Waals surface area contributed by atoms with Crippen LogP contribution in [0.2, 0.25) is 18.1 Å². The van der Waals surface area contributed by atoms with E-state index in [9.17, 15) is 4.79 Å². The van der Waals surface area contributed by atoms with Gasteiger partial charge in [0.05, 0.1) is 27.4 Å². The molecule has 43 heavy (non-hydrogen) atoms. The van der Waals surface area contributed by atoms with Crippen molar-refractivity contribution in [2.75, 3.05) is 39.8 Å². The highest BCUT2D eigenvalue weighted by Gasteiger charge is 2.39. The van der Waals surface area contributed by atoms with Crippen LogP contribution in [0.5, 0.6) is 11.5 Å². The first-order chi connectivity index (χ1) is 20.4. The van der Waals surface area contributed by atoms with Crippen LogP contribution in [0.15, 0.2) is 78.9 Å². The van der Waals surface area contributed by atoms with Crippen LogP contribution < -0.4 is 9.47 Å². The summed E-state index contributed by atoms with van der Waals surface area (Å²) in [5, 5.41) is 0.226. The van der Waals surface area contributed by atoms with Crippen LogP contribution >= 0.6 is 11.8 Å². The lowest BCUT2D eigenvalue weighted by Gasteiger charge is -2.37. The number of carbonyl (C=O) groups is 1. The van der Waals surface area contributed by atoms with Crippen LogP contribution in [0, 0.1) is 0 Å². The Morgan fingerprint density at radius 2 is 1.30 bits per heavy atom. The number of hydrogen-bond donors (Lipinski definition) is 0. The summed E-state index contributed by atoms with van der Waals surface area (Å²) in [6.45, 7) is 14.2.